The van der Waals surface area contributed by atoms with E-state index in [2.05, 4.69) is 15.6 Å². The van der Waals surface area contributed by atoms with Crippen LogP contribution in [0, 0.1) is 0 Å². The van der Waals surface area contributed by atoms with Crippen LogP contribution < -0.4 is 10.6 Å². The van der Waals surface area contributed by atoms with Gasteiger partial charge in [-0.25, -0.2) is 4.98 Å². The van der Waals surface area contributed by atoms with Gasteiger partial charge in [-0.1, -0.05) is 0 Å². The topological polar surface area (TPSA) is 91.3 Å². The van der Waals surface area contributed by atoms with Gasteiger partial charge in [0.25, 0.3) is 0 Å². The predicted molar refractivity (Wildman–Crippen MR) is 69.9 cm³/mol. The van der Waals surface area contributed by atoms with Gasteiger partial charge in [0, 0.05) is 25.4 Å². The van der Waals surface area contributed by atoms with Gasteiger partial charge in [0.2, 0.25) is 5.91 Å². The number of anilines is 1. The number of nitrogens with one attached hydrogen (secondary N) is 2. The Kier molecular flexibility index (Phi) is 4.66. The molecule has 3 N–H and O–H groups in total. The number of hydrogen-bond acceptors (Lipinski definition) is 5. The summed E-state index contributed by atoms with van der Waals surface area (Å²) in [7, 11) is 0. The van der Waals surface area contributed by atoms with Crippen molar-refractivity contribution in [3.05, 3.63) is 11.1 Å². The molecule has 1 amide bonds. The zero-order chi connectivity index (χ0) is 13.8. The van der Waals surface area contributed by atoms with Gasteiger partial charge in [-0.05, 0) is 13.8 Å². The molecule has 1 aromatic heterocycles. The van der Waals surface area contributed by atoms with E-state index in [1.165, 1.54) is 18.3 Å². The number of nitrogens with zero attached hydrogens (tertiary/aromatic N) is 1. The van der Waals surface area contributed by atoms with E-state index < -0.39 is 11.4 Å². The fourth-order valence-electron chi connectivity index (χ4n) is 1.16. The van der Waals surface area contributed by atoms with Crippen molar-refractivity contribution in [1.82, 2.24) is 10.3 Å². The summed E-state index contributed by atoms with van der Waals surface area (Å²) in [5, 5.41) is 17.1. The first kappa shape index (κ1) is 14.4. The van der Waals surface area contributed by atoms with Crippen LogP contribution in [0.4, 0.5) is 5.13 Å². The third-order valence-electron chi connectivity index (χ3n) is 2.45. The van der Waals surface area contributed by atoms with Crippen LogP contribution in [0.15, 0.2) is 5.38 Å². The molecule has 6 nitrogen and oxygen atoms in total. The van der Waals surface area contributed by atoms with Gasteiger partial charge < -0.3 is 15.7 Å². The quantitative estimate of drug-likeness (QED) is 0.673. The SMILES string of the molecule is CC(=O)NCCNc1nc(C(C)(C)C(=O)O)cs1. The second-order valence-corrected chi connectivity index (χ2v) is 5.24. The molecule has 1 heterocycles. The first-order valence-corrected chi connectivity index (χ1v) is 6.39. The van der Waals surface area contributed by atoms with Crippen molar-refractivity contribution < 1.29 is 14.7 Å². The number of rotatable bonds is 6. The molecule has 1 aromatic rings. The van der Waals surface area contributed by atoms with Crippen molar-refractivity contribution in [1.29, 1.82) is 0 Å². The summed E-state index contributed by atoms with van der Waals surface area (Å²) < 4.78 is 0. The van der Waals surface area contributed by atoms with E-state index in [1.54, 1.807) is 19.2 Å². The second-order valence-electron chi connectivity index (χ2n) is 4.38. The van der Waals surface area contributed by atoms with E-state index in [4.69, 9.17) is 5.11 Å². The highest BCUT2D eigenvalue weighted by Gasteiger charge is 2.32. The van der Waals surface area contributed by atoms with Crippen LogP contribution in [0.3, 0.4) is 0 Å². The zero-order valence-electron chi connectivity index (χ0n) is 10.6. The standard InChI is InChI=1S/C11H17N3O3S/c1-7(15)12-4-5-13-10-14-8(6-18-10)11(2,3)9(16)17/h6H,4-5H2,1-3H3,(H,12,15)(H,13,14)(H,16,17). The van der Waals surface area contributed by atoms with Crippen molar-refractivity contribution >= 4 is 28.3 Å². The van der Waals surface area contributed by atoms with Crippen molar-refractivity contribution in [2.45, 2.75) is 26.2 Å². The third kappa shape index (κ3) is 3.69. The molecule has 0 atom stereocenters. The minimum Gasteiger partial charge on any atom is -0.481 e. The molecule has 0 aromatic carbocycles. The molecule has 0 bridgehead atoms. The van der Waals surface area contributed by atoms with Gasteiger partial charge >= 0.3 is 5.97 Å². The lowest BCUT2D eigenvalue weighted by atomic mass is 9.90. The van der Waals surface area contributed by atoms with Crippen LogP contribution >= 0.6 is 11.3 Å². The third-order valence-corrected chi connectivity index (χ3v) is 3.25. The normalized spacial score (nSPS) is 11.1. The summed E-state index contributed by atoms with van der Waals surface area (Å²) in [4.78, 5) is 25.9. The summed E-state index contributed by atoms with van der Waals surface area (Å²) in [5.41, 5.74) is -0.462. The lowest BCUT2D eigenvalue weighted by Crippen LogP contribution is -2.29. The number of carbonyl (C=O) groups is 2. The van der Waals surface area contributed by atoms with Gasteiger partial charge in [0.05, 0.1) is 5.69 Å². The van der Waals surface area contributed by atoms with Crippen LogP contribution in [-0.4, -0.2) is 35.1 Å². The highest BCUT2D eigenvalue weighted by Crippen LogP contribution is 2.27. The zero-order valence-corrected chi connectivity index (χ0v) is 11.4. The highest BCUT2D eigenvalue weighted by atomic mass is 32.1. The molecule has 0 unspecified atom stereocenters. The summed E-state index contributed by atoms with van der Waals surface area (Å²) in [6.07, 6.45) is 0. The lowest BCUT2D eigenvalue weighted by Gasteiger charge is -2.15. The molecule has 0 aliphatic heterocycles. The summed E-state index contributed by atoms with van der Waals surface area (Å²) >= 11 is 1.35. The molecule has 0 spiro atoms. The molecule has 0 saturated heterocycles. The van der Waals surface area contributed by atoms with Crippen molar-refractivity contribution in [3.63, 3.8) is 0 Å². The Morgan fingerprint density at radius 1 is 1.44 bits per heavy atom. The van der Waals surface area contributed by atoms with Crippen LogP contribution in [0.25, 0.3) is 0 Å². The number of thiazole rings is 1. The van der Waals surface area contributed by atoms with E-state index in [-0.39, 0.29) is 5.91 Å². The van der Waals surface area contributed by atoms with Gasteiger partial charge in [0.1, 0.15) is 5.41 Å². The van der Waals surface area contributed by atoms with Gasteiger partial charge in [-0.2, -0.15) is 0 Å². The van der Waals surface area contributed by atoms with Crippen LogP contribution in [0.5, 0.6) is 0 Å². The van der Waals surface area contributed by atoms with Gasteiger partial charge in [-0.3, -0.25) is 9.59 Å². The highest BCUT2D eigenvalue weighted by molar-refractivity contribution is 7.13. The van der Waals surface area contributed by atoms with E-state index in [0.29, 0.717) is 23.9 Å². The molecular weight excluding hydrogens is 254 g/mol. The minimum absolute atomic E-state index is 0.0800. The molecular formula is C11H17N3O3S. The molecule has 7 heteroatoms. The molecule has 0 aliphatic rings. The summed E-state index contributed by atoms with van der Waals surface area (Å²) in [6.45, 7) is 5.75. The van der Waals surface area contributed by atoms with E-state index in [9.17, 15) is 9.59 Å². The van der Waals surface area contributed by atoms with Gasteiger partial charge in [0.15, 0.2) is 5.13 Å². The smallest absolute Gasteiger partial charge is 0.315 e. The number of carboxylic acid groups (broad SMARTS) is 1. The predicted octanol–water partition coefficient (Wildman–Crippen LogP) is 1.05. The first-order valence-electron chi connectivity index (χ1n) is 5.51. The lowest BCUT2D eigenvalue weighted by molar-refractivity contribution is -0.142. The Labute approximate surface area is 109 Å². The molecule has 0 fully saturated rings. The fraction of sp³-hybridized carbons (Fsp3) is 0.545. The number of amides is 1. The molecule has 100 valence electrons. The Morgan fingerprint density at radius 3 is 2.67 bits per heavy atom. The van der Waals surface area contributed by atoms with Crippen molar-refractivity contribution in [2.75, 3.05) is 18.4 Å². The number of aromatic nitrogens is 1. The van der Waals surface area contributed by atoms with Crippen LogP contribution in [0.2, 0.25) is 0 Å². The number of carboxylic acids is 1. The summed E-state index contributed by atoms with van der Waals surface area (Å²) in [6, 6.07) is 0. The molecule has 0 aliphatic carbocycles. The number of carbonyl (C=O) groups excluding carboxylic acids is 1. The maximum absolute atomic E-state index is 11.1. The largest absolute Gasteiger partial charge is 0.481 e. The Morgan fingerprint density at radius 2 is 2.11 bits per heavy atom. The van der Waals surface area contributed by atoms with Crippen LogP contribution in [0.1, 0.15) is 26.5 Å². The average Bonchev–Trinajstić information content (AvgIpc) is 2.73. The first-order chi connectivity index (χ1) is 8.34. The maximum atomic E-state index is 11.1. The molecule has 0 radical (unpaired) electrons. The maximum Gasteiger partial charge on any atom is 0.315 e. The average molecular weight is 271 g/mol. The Bertz CT molecular complexity index is 442. The Hall–Kier alpha value is -1.63. The van der Waals surface area contributed by atoms with E-state index >= 15 is 0 Å². The minimum atomic E-state index is -0.992. The molecule has 1 rings (SSSR count). The monoisotopic (exact) mass is 271 g/mol. The number of hydrogen-bond donors (Lipinski definition) is 3. The van der Waals surface area contributed by atoms with Gasteiger partial charge in [-0.15, -0.1) is 11.3 Å². The summed E-state index contributed by atoms with van der Waals surface area (Å²) in [5.74, 6) is -0.985. The number of aliphatic carboxylic acids is 1. The fourth-order valence-corrected chi connectivity index (χ4v) is 2.07. The van der Waals surface area contributed by atoms with Crippen LogP contribution in [-0.2, 0) is 15.0 Å². The Balaban J connectivity index is 2.54. The van der Waals surface area contributed by atoms with Crippen molar-refractivity contribution in [2.24, 2.45) is 0 Å². The molecule has 0 saturated carbocycles. The second kappa shape index (κ2) is 5.81. The molecule has 18 heavy (non-hydrogen) atoms. The van der Waals surface area contributed by atoms with E-state index in [0.717, 1.165) is 0 Å². The van der Waals surface area contributed by atoms with Crippen molar-refractivity contribution in [3.8, 4) is 0 Å². The van der Waals surface area contributed by atoms with E-state index in [1.807, 2.05) is 0 Å².